The SMILES string of the molecule is COc1cccc(N2C(=O)C[C@@H](Nc3ccc(F)c(F)c3)C2=O)c1. The van der Waals surface area contributed by atoms with Crippen molar-refractivity contribution in [3.63, 3.8) is 0 Å². The number of nitrogens with one attached hydrogen (secondary N) is 1. The van der Waals surface area contributed by atoms with Gasteiger partial charge in [0.15, 0.2) is 11.6 Å². The lowest BCUT2D eigenvalue weighted by molar-refractivity contribution is -0.121. The third-order valence-electron chi connectivity index (χ3n) is 3.72. The highest BCUT2D eigenvalue weighted by molar-refractivity contribution is 6.23. The lowest BCUT2D eigenvalue weighted by Gasteiger charge is -2.16. The Morgan fingerprint density at radius 3 is 2.62 bits per heavy atom. The van der Waals surface area contributed by atoms with E-state index in [1.165, 1.54) is 13.2 Å². The Morgan fingerprint density at radius 2 is 1.92 bits per heavy atom. The van der Waals surface area contributed by atoms with E-state index >= 15 is 0 Å². The third-order valence-corrected chi connectivity index (χ3v) is 3.72. The molecule has 0 unspecified atom stereocenters. The highest BCUT2D eigenvalue weighted by Gasteiger charge is 2.39. The third kappa shape index (κ3) is 2.92. The van der Waals surface area contributed by atoms with Gasteiger partial charge in [-0.2, -0.15) is 0 Å². The average molecular weight is 332 g/mol. The van der Waals surface area contributed by atoms with Gasteiger partial charge in [0.25, 0.3) is 5.91 Å². The zero-order chi connectivity index (χ0) is 17.3. The van der Waals surface area contributed by atoms with Crippen molar-refractivity contribution in [1.29, 1.82) is 0 Å². The first-order chi connectivity index (χ1) is 11.5. The summed E-state index contributed by atoms with van der Waals surface area (Å²) in [6, 6.07) is 8.95. The highest BCUT2D eigenvalue weighted by Crippen LogP contribution is 2.28. The van der Waals surface area contributed by atoms with Gasteiger partial charge in [0.2, 0.25) is 5.91 Å². The zero-order valence-corrected chi connectivity index (χ0v) is 12.8. The van der Waals surface area contributed by atoms with Gasteiger partial charge in [-0.1, -0.05) is 6.07 Å². The Kier molecular flexibility index (Phi) is 4.16. The van der Waals surface area contributed by atoms with E-state index < -0.39 is 23.6 Å². The number of anilines is 2. The minimum absolute atomic E-state index is 0.0744. The first-order valence-electron chi connectivity index (χ1n) is 7.22. The molecule has 0 radical (unpaired) electrons. The van der Waals surface area contributed by atoms with Gasteiger partial charge in [-0.3, -0.25) is 9.59 Å². The van der Waals surface area contributed by atoms with Crippen LogP contribution < -0.4 is 15.0 Å². The monoisotopic (exact) mass is 332 g/mol. The molecular weight excluding hydrogens is 318 g/mol. The molecule has 1 aliphatic rings. The van der Waals surface area contributed by atoms with Crippen molar-refractivity contribution < 1.29 is 23.1 Å². The molecule has 1 aliphatic heterocycles. The molecule has 2 amide bonds. The largest absolute Gasteiger partial charge is 0.497 e. The number of ether oxygens (including phenoxy) is 1. The molecule has 1 saturated heterocycles. The Morgan fingerprint density at radius 1 is 1.12 bits per heavy atom. The number of methoxy groups -OCH3 is 1. The fourth-order valence-electron chi connectivity index (χ4n) is 2.55. The van der Waals surface area contributed by atoms with E-state index in [0.29, 0.717) is 11.4 Å². The molecular formula is C17H14F2N2O3. The van der Waals surface area contributed by atoms with E-state index in [4.69, 9.17) is 4.74 Å². The maximum Gasteiger partial charge on any atom is 0.256 e. The van der Waals surface area contributed by atoms with Crippen LogP contribution in [0.4, 0.5) is 20.2 Å². The number of amides is 2. The standard InChI is InChI=1S/C17H14F2N2O3/c1-24-12-4-2-3-11(8-12)21-16(22)9-15(17(21)23)20-10-5-6-13(18)14(19)7-10/h2-8,15,20H,9H2,1H3/t15-/m1/s1. The zero-order valence-electron chi connectivity index (χ0n) is 12.8. The van der Waals surface area contributed by atoms with Crippen molar-refractivity contribution in [3.05, 3.63) is 54.1 Å². The minimum atomic E-state index is -1.03. The molecule has 1 N–H and O–H groups in total. The van der Waals surface area contributed by atoms with Gasteiger partial charge in [-0.25, -0.2) is 13.7 Å². The Labute approximate surface area is 136 Å². The van der Waals surface area contributed by atoms with Crippen LogP contribution in [0.25, 0.3) is 0 Å². The molecule has 24 heavy (non-hydrogen) atoms. The van der Waals surface area contributed by atoms with Crippen LogP contribution in [0.1, 0.15) is 6.42 Å². The summed E-state index contributed by atoms with van der Waals surface area (Å²) in [5, 5.41) is 2.77. The molecule has 0 spiro atoms. The smallest absolute Gasteiger partial charge is 0.256 e. The van der Waals surface area contributed by atoms with E-state index in [1.807, 2.05) is 0 Å². The number of hydrogen-bond acceptors (Lipinski definition) is 4. The molecule has 1 heterocycles. The minimum Gasteiger partial charge on any atom is -0.497 e. The molecule has 0 saturated carbocycles. The molecule has 2 aromatic carbocycles. The van der Waals surface area contributed by atoms with Gasteiger partial charge >= 0.3 is 0 Å². The molecule has 2 aromatic rings. The van der Waals surface area contributed by atoms with E-state index in [0.717, 1.165) is 17.0 Å². The van der Waals surface area contributed by atoms with Crippen LogP contribution in [-0.4, -0.2) is 25.0 Å². The van der Waals surface area contributed by atoms with Crippen LogP contribution in [0.3, 0.4) is 0 Å². The molecule has 3 rings (SSSR count). The number of nitrogens with zero attached hydrogens (tertiary/aromatic N) is 1. The topological polar surface area (TPSA) is 58.6 Å². The van der Waals surface area contributed by atoms with Gasteiger partial charge < -0.3 is 10.1 Å². The second-order valence-electron chi connectivity index (χ2n) is 5.30. The Balaban J connectivity index is 1.82. The predicted molar refractivity (Wildman–Crippen MR) is 83.9 cm³/mol. The highest BCUT2D eigenvalue weighted by atomic mass is 19.2. The van der Waals surface area contributed by atoms with Crippen LogP contribution >= 0.6 is 0 Å². The van der Waals surface area contributed by atoms with Crippen molar-refractivity contribution in [3.8, 4) is 5.75 Å². The van der Waals surface area contributed by atoms with Crippen molar-refractivity contribution in [2.75, 3.05) is 17.3 Å². The lowest BCUT2D eigenvalue weighted by atomic mass is 10.2. The van der Waals surface area contributed by atoms with Crippen LogP contribution in [0.5, 0.6) is 5.75 Å². The van der Waals surface area contributed by atoms with Gasteiger partial charge in [0, 0.05) is 17.8 Å². The normalized spacial score (nSPS) is 17.3. The van der Waals surface area contributed by atoms with Gasteiger partial charge in [-0.15, -0.1) is 0 Å². The second kappa shape index (κ2) is 6.27. The summed E-state index contributed by atoms with van der Waals surface area (Å²) < 4.78 is 31.3. The molecule has 7 heteroatoms. The van der Waals surface area contributed by atoms with E-state index in [2.05, 4.69) is 5.32 Å². The maximum absolute atomic E-state index is 13.3. The van der Waals surface area contributed by atoms with E-state index in [1.54, 1.807) is 24.3 Å². The summed E-state index contributed by atoms with van der Waals surface area (Å²) in [5.41, 5.74) is 0.631. The van der Waals surface area contributed by atoms with Crippen molar-refractivity contribution >= 4 is 23.2 Å². The van der Waals surface area contributed by atoms with Crippen LogP contribution in [0.2, 0.25) is 0 Å². The Bertz CT molecular complexity index is 810. The first kappa shape index (κ1) is 15.9. The van der Waals surface area contributed by atoms with Crippen molar-refractivity contribution in [2.24, 2.45) is 0 Å². The maximum atomic E-state index is 13.3. The average Bonchev–Trinajstić information content (AvgIpc) is 2.85. The van der Waals surface area contributed by atoms with Gasteiger partial charge in [-0.05, 0) is 24.3 Å². The quantitative estimate of drug-likeness (QED) is 0.875. The molecule has 1 atom stereocenters. The number of benzene rings is 2. The number of carbonyl (C=O) groups excluding carboxylic acids is 2. The van der Waals surface area contributed by atoms with E-state index in [-0.39, 0.29) is 18.0 Å². The fourth-order valence-corrected chi connectivity index (χ4v) is 2.55. The van der Waals surface area contributed by atoms with Crippen molar-refractivity contribution in [2.45, 2.75) is 12.5 Å². The lowest BCUT2D eigenvalue weighted by Crippen LogP contribution is -2.34. The molecule has 5 nitrogen and oxygen atoms in total. The summed E-state index contributed by atoms with van der Waals surface area (Å²) in [6.07, 6.45) is -0.0744. The molecule has 0 aromatic heterocycles. The first-order valence-corrected chi connectivity index (χ1v) is 7.22. The molecule has 1 fully saturated rings. The second-order valence-corrected chi connectivity index (χ2v) is 5.30. The molecule has 0 aliphatic carbocycles. The molecule has 124 valence electrons. The summed E-state index contributed by atoms with van der Waals surface area (Å²) >= 11 is 0. The van der Waals surface area contributed by atoms with Gasteiger partial charge in [0.05, 0.1) is 19.2 Å². The van der Waals surface area contributed by atoms with E-state index in [9.17, 15) is 18.4 Å². The van der Waals surface area contributed by atoms with Crippen LogP contribution in [0, 0.1) is 11.6 Å². The number of imide groups is 1. The number of rotatable bonds is 4. The summed E-state index contributed by atoms with van der Waals surface area (Å²) in [4.78, 5) is 25.8. The van der Waals surface area contributed by atoms with Crippen LogP contribution in [0.15, 0.2) is 42.5 Å². The summed E-state index contributed by atoms with van der Waals surface area (Å²) in [5.74, 6) is -2.33. The number of halogens is 2. The number of carbonyl (C=O) groups is 2. The predicted octanol–water partition coefficient (Wildman–Crippen LogP) is 2.72. The Hall–Kier alpha value is -2.96. The molecule has 0 bridgehead atoms. The van der Waals surface area contributed by atoms with Gasteiger partial charge in [0.1, 0.15) is 11.8 Å². The fraction of sp³-hybridized carbons (Fsp3) is 0.176. The summed E-state index contributed by atoms with van der Waals surface area (Å²) in [7, 11) is 1.49. The van der Waals surface area contributed by atoms with Crippen molar-refractivity contribution in [1.82, 2.24) is 0 Å². The number of hydrogen-bond donors (Lipinski definition) is 1. The summed E-state index contributed by atoms with van der Waals surface area (Å²) in [6.45, 7) is 0. The van der Waals surface area contributed by atoms with Crippen LogP contribution in [-0.2, 0) is 9.59 Å².